The molecule has 1 aromatic rings. The van der Waals surface area contributed by atoms with Gasteiger partial charge in [0.15, 0.2) is 6.10 Å². The van der Waals surface area contributed by atoms with Crippen molar-refractivity contribution < 1.29 is 14.6 Å². The molecule has 0 aromatic carbocycles. The Labute approximate surface area is 80.3 Å². The van der Waals surface area contributed by atoms with Crippen LogP contribution in [0.15, 0.2) is 12.1 Å². The number of aliphatic hydroxyl groups is 2. The number of aromatic nitrogens is 1. The fourth-order valence-electron chi connectivity index (χ4n) is 1.09. The van der Waals surface area contributed by atoms with Gasteiger partial charge in [-0.3, -0.25) is 0 Å². The average Bonchev–Trinajstić information content (AvgIpc) is 2.15. The maximum absolute atomic E-state index is 12.6. The maximum Gasteiger partial charge on any atom is 0.213 e. The smallest absolute Gasteiger partial charge is 0.213 e. The Morgan fingerprint density at radius 1 is 1.50 bits per heavy atom. The molecule has 0 bridgehead atoms. The molecule has 0 spiro atoms. The van der Waals surface area contributed by atoms with E-state index in [-0.39, 0.29) is 11.3 Å². The second kappa shape index (κ2) is 4.13. The van der Waals surface area contributed by atoms with Gasteiger partial charge in [0.05, 0.1) is 6.07 Å². The molecule has 14 heavy (non-hydrogen) atoms. The third-order valence-electron chi connectivity index (χ3n) is 1.84. The van der Waals surface area contributed by atoms with Crippen molar-refractivity contribution in [2.75, 3.05) is 0 Å². The predicted molar refractivity (Wildman–Crippen MR) is 45.5 cm³/mol. The number of nitrogens with zero attached hydrogens (tertiary/aromatic N) is 2. The van der Waals surface area contributed by atoms with Crippen molar-refractivity contribution in [2.45, 2.75) is 19.1 Å². The van der Waals surface area contributed by atoms with Gasteiger partial charge in [0.25, 0.3) is 0 Å². The van der Waals surface area contributed by atoms with E-state index in [2.05, 4.69) is 4.98 Å². The van der Waals surface area contributed by atoms with E-state index in [9.17, 15) is 9.50 Å². The SMILES string of the molecule is Cc1nc(F)ccc1C(O)C(O)C#N. The van der Waals surface area contributed by atoms with E-state index in [0.717, 1.165) is 6.07 Å². The van der Waals surface area contributed by atoms with Crippen molar-refractivity contribution in [3.63, 3.8) is 0 Å². The Morgan fingerprint density at radius 3 is 2.64 bits per heavy atom. The van der Waals surface area contributed by atoms with Gasteiger partial charge in [-0.15, -0.1) is 0 Å². The third-order valence-corrected chi connectivity index (χ3v) is 1.84. The van der Waals surface area contributed by atoms with E-state index in [1.165, 1.54) is 19.1 Å². The molecule has 5 heteroatoms. The van der Waals surface area contributed by atoms with Crippen LogP contribution in [0.3, 0.4) is 0 Å². The summed E-state index contributed by atoms with van der Waals surface area (Å²) < 4.78 is 12.6. The van der Waals surface area contributed by atoms with E-state index in [1.807, 2.05) is 0 Å². The van der Waals surface area contributed by atoms with Crippen molar-refractivity contribution in [2.24, 2.45) is 0 Å². The summed E-state index contributed by atoms with van der Waals surface area (Å²) in [5.74, 6) is -0.662. The standard InChI is InChI=1S/C9H9FN2O2/c1-5-6(2-3-8(10)12-5)9(14)7(13)4-11/h2-3,7,9,13-14H,1H3. The lowest BCUT2D eigenvalue weighted by molar-refractivity contribution is 0.0520. The first-order chi connectivity index (χ1) is 6.56. The van der Waals surface area contributed by atoms with Crippen LogP contribution in [0, 0.1) is 24.2 Å². The van der Waals surface area contributed by atoms with Crippen molar-refractivity contribution in [3.8, 4) is 6.07 Å². The van der Waals surface area contributed by atoms with Crippen LogP contribution < -0.4 is 0 Å². The second-order valence-electron chi connectivity index (χ2n) is 2.83. The van der Waals surface area contributed by atoms with Crippen molar-refractivity contribution >= 4 is 0 Å². The maximum atomic E-state index is 12.6. The molecule has 0 aliphatic rings. The molecule has 0 aliphatic carbocycles. The van der Waals surface area contributed by atoms with Crippen LogP contribution in [0.5, 0.6) is 0 Å². The molecule has 4 nitrogen and oxygen atoms in total. The molecular formula is C9H9FN2O2. The summed E-state index contributed by atoms with van der Waals surface area (Å²) in [5, 5.41) is 26.8. The van der Waals surface area contributed by atoms with E-state index in [1.54, 1.807) is 0 Å². The Balaban J connectivity index is 3.03. The number of halogens is 1. The summed E-state index contributed by atoms with van der Waals surface area (Å²) in [5.41, 5.74) is 0.507. The Bertz CT molecular complexity index is 376. The van der Waals surface area contributed by atoms with Gasteiger partial charge in [0.2, 0.25) is 5.95 Å². The van der Waals surface area contributed by atoms with Crippen LogP contribution in [0.25, 0.3) is 0 Å². The first-order valence-corrected chi connectivity index (χ1v) is 3.95. The lowest BCUT2D eigenvalue weighted by Gasteiger charge is -2.13. The molecule has 2 N–H and O–H groups in total. The zero-order valence-electron chi connectivity index (χ0n) is 7.48. The number of rotatable bonds is 2. The first kappa shape index (κ1) is 10.6. The van der Waals surface area contributed by atoms with Gasteiger partial charge < -0.3 is 10.2 Å². The molecule has 2 unspecified atom stereocenters. The fourth-order valence-corrected chi connectivity index (χ4v) is 1.09. The minimum Gasteiger partial charge on any atom is -0.384 e. The number of aryl methyl sites for hydroxylation is 1. The topological polar surface area (TPSA) is 77.1 Å². The van der Waals surface area contributed by atoms with Crippen LogP contribution in [0.4, 0.5) is 4.39 Å². The molecule has 2 atom stereocenters. The molecule has 0 saturated carbocycles. The van der Waals surface area contributed by atoms with Crippen molar-refractivity contribution in [1.82, 2.24) is 4.98 Å². The first-order valence-electron chi connectivity index (χ1n) is 3.95. The molecule has 0 aliphatic heterocycles. The average molecular weight is 196 g/mol. The summed E-state index contributed by atoms with van der Waals surface area (Å²) in [6.07, 6.45) is -2.88. The molecule has 1 aromatic heterocycles. The number of hydrogen-bond acceptors (Lipinski definition) is 4. The molecule has 0 amide bonds. The van der Waals surface area contributed by atoms with E-state index >= 15 is 0 Å². The molecule has 1 heterocycles. The fraction of sp³-hybridized carbons (Fsp3) is 0.333. The zero-order chi connectivity index (χ0) is 10.7. The van der Waals surface area contributed by atoms with Gasteiger partial charge in [0.1, 0.15) is 6.10 Å². The van der Waals surface area contributed by atoms with Crippen LogP contribution >= 0.6 is 0 Å². The van der Waals surface area contributed by atoms with E-state index in [4.69, 9.17) is 10.4 Å². The van der Waals surface area contributed by atoms with Crippen molar-refractivity contribution in [1.29, 1.82) is 5.26 Å². The van der Waals surface area contributed by atoms with Crippen LogP contribution in [-0.2, 0) is 0 Å². The Kier molecular flexibility index (Phi) is 3.12. The van der Waals surface area contributed by atoms with Gasteiger partial charge in [-0.2, -0.15) is 9.65 Å². The van der Waals surface area contributed by atoms with Gasteiger partial charge in [-0.1, -0.05) is 0 Å². The van der Waals surface area contributed by atoms with Crippen LogP contribution in [0.1, 0.15) is 17.4 Å². The minimum absolute atomic E-state index is 0.250. The summed E-state index contributed by atoms with van der Waals surface area (Å²) in [6, 6.07) is 3.85. The van der Waals surface area contributed by atoms with Crippen LogP contribution in [-0.4, -0.2) is 21.3 Å². The third kappa shape index (κ3) is 2.05. The summed E-state index contributed by atoms with van der Waals surface area (Å²) in [7, 11) is 0. The second-order valence-corrected chi connectivity index (χ2v) is 2.83. The Morgan fingerprint density at radius 2 is 2.14 bits per heavy atom. The highest BCUT2D eigenvalue weighted by molar-refractivity contribution is 5.23. The molecule has 0 radical (unpaired) electrons. The normalized spacial score (nSPS) is 14.5. The van der Waals surface area contributed by atoms with Gasteiger partial charge in [-0.25, -0.2) is 4.98 Å². The largest absolute Gasteiger partial charge is 0.384 e. The predicted octanol–water partition coefficient (Wildman–Crippen LogP) is 0.447. The van der Waals surface area contributed by atoms with E-state index < -0.39 is 18.2 Å². The monoisotopic (exact) mass is 196 g/mol. The highest BCUT2D eigenvalue weighted by atomic mass is 19.1. The minimum atomic E-state index is -1.53. The van der Waals surface area contributed by atoms with Gasteiger partial charge in [0, 0.05) is 11.3 Å². The number of hydrogen-bond donors (Lipinski definition) is 2. The highest BCUT2D eigenvalue weighted by Crippen LogP contribution is 2.19. The number of pyridine rings is 1. The molecule has 1 rings (SSSR count). The van der Waals surface area contributed by atoms with Gasteiger partial charge >= 0.3 is 0 Å². The summed E-state index contributed by atoms with van der Waals surface area (Å²) in [6.45, 7) is 1.49. The van der Waals surface area contributed by atoms with Crippen molar-refractivity contribution in [3.05, 3.63) is 29.3 Å². The summed E-state index contributed by atoms with van der Waals surface area (Å²) >= 11 is 0. The highest BCUT2D eigenvalue weighted by Gasteiger charge is 2.20. The molecule has 0 fully saturated rings. The van der Waals surface area contributed by atoms with Gasteiger partial charge in [-0.05, 0) is 19.1 Å². The molecule has 74 valence electrons. The lowest BCUT2D eigenvalue weighted by atomic mass is 10.0. The summed E-state index contributed by atoms with van der Waals surface area (Å²) in [4.78, 5) is 3.46. The zero-order valence-corrected chi connectivity index (χ0v) is 7.48. The van der Waals surface area contributed by atoms with Crippen LogP contribution in [0.2, 0.25) is 0 Å². The quantitative estimate of drug-likeness (QED) is 0.531. The Hall–Kier alpha value is -1.51. The number of nitriles is 1. The molecule has 0 saturated heterocycles. The number of aliphatic hydroxyl groups excluding tert-OH is 2. The molecular weight excluding hydrogens is 187 g/mol. The van der Waals surface area contributed by atoms with E-state index in [0.29, 0.717) is 0 Å². The lowest BCUT2D eigenvalue weighted by Crippen LogP contribution is -2.17.